The molecule has 0 aromatic rings. The van der Waals surface area contributed by atoms with E-state index in [0.29, 0.717) is 11.1 Å². The summed E-state index contributed by atoms with van der Waals surface area (Å²) < 4.78 is 0. The Kier molecular flexibility index (Phi) is 7.53. The van der Waals surface area contributed by atoms with Gasteiger partial charge < -0.3 is 10.6 Å². The second-order valence-corrected chi connectivity index (χ2v) is 25.4. The molecule has 4 bridgehead atoms. The third kappa shape index (κ3) is 5.07. The molecule has 7 rings (SSSR count). The van der Waals surface area contributed by atoms with Gasteiger partial charge in [-0.1, -0.05) is 71.3 Å². The van der Waals surface area contributed by atoms with Crippen molar-refractivity contribution >= 4 is 25.2 Å². The van der Waals surface area contributed by atoms with Gasteiger partial charge in [-0.15, -0.1) is 9.24 Å². The Hall–Kier alpha value is 0.477. The monoisotopic (exact) mass is 558 g/mol. The molecule has 2 nitrogen and oxygen atoms in total. The number of hydrogen-bond donors (Lipinski definition) is 2. The predicted octanol–water partition coefficient (Wildman–Crippen LogP) is 7.28. The summed E-state index contributed by atoms with van der Waals surface area (Å²) in [6.07, 6.45) is 17.7. The number of nitrogens with one attached hydrogen (secondary N) is 2. The van der Waals surface area contributed by atoms with Crippen LogP contribution in [0, 0.1) is 41.4 Å². The normalized spacial score (nSPS) is 42.1. The molecule has 0 aromatic carbocycles. The van der Waals surface area contributed by atoms with E-state index in [2.05, 4.69) is 72.4 Å². The van der Waals surface area contributed by atoms with Crippen molar-refractivity contribution in [3.05, 3.63) is 22.9 Å². The maximum Gasteiger partial charge on any atom is 0.0772 e. The molecule has 2 aliphatic heterocycles. The molecule has 7 aliphatic rings. The van der Waals surface area contributed by atoms with E-state index < -0.39 is 8.07 Å². The van der Waals surface area contributed by atoms with Crippen LogP contribution in [0.15, 0.2) is 22.9 Å². The summed E-state index contributed by atoms with van der Waals surface area (Å²) in [5.41, 5.74) is 2.88. The molecule has 2 heterocycles. The SMILES string of the molecule is CC(C)(C)P(CC1C=C([Si](C)(C)C)C=C1C(P)(C1CCNC1)C1CCNC1)C1C2CC3CC(C2)CC1C3. The summed E-state index contributed by atoms with van der Waals surface area (Å²) in [6, 6.07) is 0. The fourth-order valence-electron chi connectivity index (χ4n) is 10.1. The Morgan fingerprint density at radius 3 is 1.86 bits per heavy atom. The molecule has 4 saturated carbocycles. The highest BCUT2D eigenvalue weighted by molar-refractivity contribution is 7.60. The molecule has 5 aliphatic carbocycles. The number of allylic oxidation sites excluding steroid dienone is 4. The summed E-state index contributed by atoms with van der Waals surface area (Å²) >= 11 is 0. The van der Waals surface area contributed by atoms with E-state index in [0.717, 1.165) is 41.2 Å². The van der Waals surface area contributed by atoms with E-state index in [4.69, 9.17) is 0 Å². The topological polar surface area (TPSA) is 24.1 Å². The van der Waals surface area contributed by atoms with E-state index >= 15 is 0 Å². The largest absolute Gasteiger partial charge is 0.316 e. The molecule has 2 N–H and O–H groups in total. The zero-order chi connectivity index (χ0) is 26.2. The van der Waals surface area contributed by atoms with Crippen LogP contribution in [0.3, 0.4) is 0 Å². The average Bonchev–Trinajstić information content (AvgIpc) is 3.58. The molecule has 0 radical (unpaired) electrons. The zero-order valence-corrected chi connectivity index (χ0v) is 27.8. The van der Waals surface area contributed by atoms with E-state index in [1.54, 1.807) is 37.3 Å². The Morgan fingerprint density at radius 2 is 1.43 bits per heavy atom. The van der Waals surface area contributed by atoms with Crippen LogP contribution in [0.5, 0.6) is 0 Å². The van der Waals surface area contributed by atoms with Gasteiger partial charge in [0.2, 0.25) is 0 Å². The highest BCUT2D eigenvalue weighted by Gasteiger charge is 2.54. The van der Waals surface area contributed by atoms with Gasteiger partial charge in [0.05, 0.1) is 8.07 Å². The maximum atomic E-state index is 3.77. The third-order valence-electron chi connectivity index (χ3n) is 11.7. The molecular formula is C32H56N2P2Si. The minimum atomic E-state index is -1.38. The molecule has 37 heavy (non-hydrogen) atoms. The lowest BCUT2D eigenvalue weighted by Crippen LogP contribution is -2.50. The minimum Gasteiger partial charge on any atom is -0.316 e. The average molecular weight is 559 g/mol. The first-order valence-corrected chi connectivity index (χ1v) is 21.5. The summed E-state index contributed by atoms with van der Waals surface area (Å²) in [7, 11) is 2.17. The summed E-state index contributed by atoms with van der Waals surface area (Å²) in [6.45, 7) is 20.4. The molecule has 5 atom stereocenters. The van der Waals surface area contributed by atoms with E-state index in [1.165, 1.54) is 45.2 Å². The molecule has 5 unspecified atom stereocenters. The lowest BCUT2D eigenvalue weighted by molar-refractivity contribution is 0.0242. The molecule has 0 aromatic heterocycles. The Bertz CT molecular complexity index is 872. The first-order chi connectivity index (χ1) is 17.4. The molecule has 208 valence electrons. The van der Waals surface area contributed by atoms with Crippen molar-refractivity contribution in [2.24, 2.45) is 41.4 Å². The van der Waals surface area contributed by atoms with Crippen molar-refractivity contribution in [1.29, 1.82) is 0 Å². The summed E-state index contributed by atoms with van der Waals surface area (Å²) in [5, 5.41) is 9.99. The molecule has 6 fully saturated rings. The Labute approximate surface area is 233 Å². The van der Waals surface area contributed by atoms with Gasteiger partial charge >= 0.3 is 0 Å². The molecule has 0 spiro atoms. The maximum absolute atomic E-state index is 3.77. The highest BCUT2D eigenvalue weighted by Crippen LogP contribution is 2.69. The third-order valence-corrected chi connectivity index (χ3v) is 19.1. The van der Waals surface area contributed by atoms with Crippen LogP contribution in [-0.2, 0) is 0 Å². The van der Waals surface area contributed by atoms with Gasteiger partial charge in [0.15, 0.2) is 0 Å². The van der Waals surface area contributed by atoms with Gasteiger partial charge in [0, 0.05) is 11.1 Å². The highest BCUT2D eigenvalue weighted by atomic mass is 31.1. The van der Waals surface area contributed by atoms with E-state index in [1.807, 2.05) is 5.57 Å². The van der Waals surface area contributed by atoms with Gasteiger partial charge in [-0.3, -0.25) is 0 Å². The lowest BCUT2D eigenvalue weighted by atomic mass is 9.56. The van der Waals surface area contributed by atoms with E-state index in [-0.39, 0.29) is 13.1 Å². The van der Waals surface area contributed by atoms with Crippen LogP contribution in [0.25, 0.3) is 0 Å². The Balaban J connectivity index is 1.36. The van der Waals surface area contributed by atoms with Gasteiger partial charge in [-0.2, -0.15) is 0 Å². The molecule has 5 heteroatoms. The quantitative estimate of drug-likeness (QED) is 0.253. The van der Waals surface area contributed by atoms with Crippen LogP contribution in [0.1, 0.15) is 65.7 Å². The molecular weight excluding hydrogens is 502 g/mol. The lowest BCUT2D eigenvalue weighted by Gasteiger charge is -2.59. The number of rotatable bonds is 7. The zero-order valence-electron chi connectivity index (χ0n) is 24.8. The van der Waals surface area contributed by atoms with Crippen LogP contribution in [0.4, 0.5) is 0 Å². The fraction of sp³-hybridized carbons (Fsp3) is 0.875. The molecule has 2 saturated heterocycles. The van der Waals surface area contributed by atoms with Crippen molar-refractivity contribution in [1.82, 2.24) is 10.6 Å². The second kappa shape index (κ2) is 10.1. The van der Waals surface area contributed by atoms with Gasteiger partial charge in [-0.05, 0) is 124 Å². The Morgan fingerprint density at radius 1 is 0.892 bits per heavy atom. The fourth-order valence-corrected chi connectivity index (χ4v) is 16.2. The van der Waals surface area contributed by atoms with E-state index in [9.17, 15) is 0 Å². The minimum absolute atomic E-state index is 0.0262. The van der Waals surface area contributed by atoms with Crippen LogP contribution < -0.4 is 10.6 Å². The van der Waals surface area contributed by atoms with Crippen molar-refractivity contribution in [2.75, 3.05) is 32.3 Å². The summed E-state index contributed by atoms with van der Waals surface area (Å²) in [5.74, 6) is 6.45. The summed E-state index contributed by atoms with van der Waals surface area (Å²) in [4.78, 5) is 0. The number of hydrogen-bond acceptors (Lipinski definition) is 2. The second-order valence-electron chi connectivity index (χ2n) is 16.1. The van der Waals surface area contributed by atoms with Crippen LogP contribution in [-0.4, -0.2) is 56.4 Å². The van der Waals surface area contributed by atoms with Crippen LogP contribution in [0.2, 0.25) is 19.6 Å². The van der Waals surface area contributed by atoms with Crippen molar-refractivity contribution in [2.45, 2.75) is 101 Å². The van der Waals surface area contributed by atoms with Crippen molar-refractivity contribution in [3.63, 3.8) is 0 Å². The van der Waals surface area contributed by atoms with Gasteiger partial charge in [-0.25, -0.2) is 0 Å². The first-order valence-electron chi connectivity index (χ1n) is 15.9. The standard InChI is InChI=1S/C32H56N2P2Si/c1-31(2,3)36(30-23-12-21-11-22(14-23)15-24(30)13-21)20-25-16-28(37(4,5)6)17-29(25)32(35,26-7-9-33-18-26)27-8-10-34-19-27/h16-17,21-27,30,33-34H,7-15,18-20,35H2,1-6H3. The smallest absolute Gasteiger partial charge is 0.0772 e. The van der Waals surface area contributed by atoms with Gasteiger partial charge in [0.1, 0.15) is 0 Å². The first kappa shape index (κ1) is 27.6. The van der Waals surface area contributed by atoms with Crippen molar-refractivity contribution in [3.8, 4) is 0 Å². The van der Waals surface area contributed by atoms with Gasteiger partial charge in [0.25, 0.3) is 0 Å². The predicted molar refractivity (Wildman–Crippen MR) is 170 cm³/mol. The van der Waals surface area contributed by atoms with Crippen LogP contribution >= 0.6 is 17.2 Å². The van der Waals surface area contributed by atoms with Crippen molar-refractivity contribution < 1.29 is 0 Å². The molecule has 0 amide bonds.